The molecule has 0 amide bonds. The second-order valence-corrected chi connectivity index (χ2v) is 4.41. The average molecular weight is 276 g/mol. The van der Waals surface area contributed by atoms with E-state index >= 15 is 0 Å². The number of carbonyl (C=O) groups is 1. The average Bonchev–Trinajstić information content (AvgIpc) is 2.86. The summed E-state index contributed by atoms with van der Waals surface area (Å²) in [4.78, 5) is 11.1. The molecule has 106 valence electrons. The molecular weight excluding hydrogens is 260 g/mol. The van der Waals surface area contributed by atoms with Gasteiger partial charge in [-0.2, -0.15) is 0 Å². The molecule has 1 aromatic heterocycles. The number of benzene rings is 1. The molecule has 6 nitrogen and oxygen atoms in total. The van der Waals surface area contributed by atoms with Crippen molar-refractivity contribution in [3.05, 3.63) is 46.8 Å². The molecule has 0 spiro atoms. The third-order valence-corrected chi connectivity index (χ3v) is 2.84. The van der Waals surface area contributed by atoms with Crippen LogP contribution in [0.2, 0.25) is 0 Å². The monoisotopic (exact) mass is 276 g/mol. The van der Waals surface area contributed by atoms with Crippen LogP contribution in [0, 0.1) is 6.92 Å². The lowest BCUT2D eigenvalue weighted by Crippen LogP contribution is -2.04. The van der Waals surface area contributed by atoms with Crippen LogP contribution in [0.25, 0.3) is 0 Å². The normalized spacial score (nSPS) is 10.5. The van der Waals surface area contributed by atoms with E-state index in [0.717, 1.165) is 16.9 Å². The van der Waals surface area contributed by atoms with Gasteiger partial charge in [-0.3, -0.25) is 0 Å². The Morgan fingerprint density at radius 3 is 2.95 bits per heavy atom. The lowest BCUT2D eigenvalue weighted by Gasteiger charge is -2.07. The van der Waals surface area contributed by atoms with Crippen LogP contribution < -0.4 is 5.32 Å². The zero-order valence-corrected chi connectivity index (χ0v) is 11.3. The number of aromatic carboxylic acids is 1. The predicted molar refractivity (Wildman–Crippen MR) is 72.7 cm³/mol. The van der Waals surface area contributed by atoms with Crippen molar-refractivity contribution in [2.75, 3.05) is 12.4 Å². The van der Waals surface area contributed by atoms with Gasteiger partial charge in [0, 0.05) is 18.9 Å². The number of hydrogen-bond acceptors (Lipinski definition) is 5. The van der Waals surface area contributed by atoms with Gasteiger partial charge in [0.05, 0.1) is 12.1 Å². The highest BCUT2D eigenvalue weighted by Gasteiger charge is 2.08. The lowest BCUT2D eigenvalue weighted by molar-refractivity contribution is 0.0696. The number of ether oxygens (including phenoxy) is 1. The Balaban J connectivity index is 2.03. The number of carboxylic acid groups (broad SMARTS) is 1. The molecule has 20 heavy (non-hydrogen) atoms. The zero-order chi connectivity index (χ0) is 14.5. The lowest BCUT2D eigenvalue weighted by atomic mass is 10.1. The molecule has 0 aliphatic carbocycles. The van der Waals surface area contributed by atoms with Crippen LogP contribution in [0.3, 0.4) is 0 Å². The van der Waals surface area contributed by atoms with Gasteiger partial charge in [0.25, 0.3) is 0 Å². The summed E-state index contributed by atoms with van der Waals surface area (Å²) in [5.41, 5.74) is 2.47. The molecule has 0 aliphatic rings. The van der Waals surface area contributed by atoms with Gasteiger partial charge in [0.2, 0.25) is 0 Å². The number of nitrogens with zero attached hydrogens (tertiary/aromatic N) is 1. The Labute approximate surface area is 116 Å². The first-order valence-electron chi connectivity index (χ1n) is 6.11. The van der Waals surface area contributed by atoms with Crippen LogP contribution in [0.4, 0.5) is 5.69 Å². The van der Waals surface area contributed by atoms with E-state index in [2.05, 4.69) is 10.5 Å². The SMILES string of the molecule is COCc1cc(CNc2ccc(C)c(C(=O)O)c2)no1. The molecule has 0 radical (unpaired) electrons. The molecule has 1 heterocycles. The fourth-order valence-corrected chi connectivity index (χ4v) is 1.80. The summed E-state index contributed by atoms with van der Waals surface area (Å²) in [6.45, 7) is 2.60. The summed E-state index contributed by atoms with van der Waals surface area (Å²) in [5.74, 6) is -0.283. The molecule has 0 atom stereocenters. The van der Waals surface area contributed by atoms with E-state index in [1.54, 1.807) is 32.2 Å². The molecule has 2 rings (SSSR count). The predicted octanol–water partition coefficient (Wildman–Crippen LogP) is 2.44. The number of methoxy groups -OCH3 is 1. The number of aromatic nitrogens is 1. The first kappa shape index (κ1) is 14.1. The van der Waals surface area contributed by atoms with Crippen LogP contribution in [-0.2, 0) is 17.9 Å². The van der Waals surface area contributed by atoms with Crippen LogP contribution in [-0.4, -0.2) is 23.3 Å². The van der Waals surface area contributed by atoms with Crippen molar-refractivity contribution in [3.63, 3.8) is 0 Å². The third kappa shape index (κ3) is 3.36. The highest BCUT2D eigenvalue weighted by molar-refractivity contribution is 5.90. The maximum atomic E-state index is 11.1. The van der Waals surface area contributed by atoms with Crippen molar-refractivity contribution in [2.45, 2.75) is 20.1 Å². The van der Waals surface area contributed by atoms with Gasteiger partial charge in [-0.15, -0.1) is 0 Å². The van der Waals surface area contributed by atoms with Gasteiger partial charge < -0.3 is 19.7 Å². The zero-order valence-electron chi connectivity index (χ0n) is 11.3. The molecule has 0 bridgehead atoms. The maximum Gasteiger partial charge on any atom is 0.336 e. The van der Waals surface area contributed by atoms with Crippen LogP contribution in [0.1, 0.15) is 27.4 Å². The van der Waals surface area contributed by atoms with E-state index in [-0.39, 0.29) is 5.56 Å². The van der Waals surface area contributed by atoms with Crippen LogP contribution >= 0.6 is 0 Å². The molecule has 0 aliphatic heterocycles. The van der Waals surface area contributed by atoms with Gasteiger partial charge in [-0.25, -0.2) is 4.79 Å². The molecular formula is C14H16N2O4. The van der Waals surface area contributed by atoms with E-state index in [9.17, 15) is 4.79 Å². The first-order chi connectivity index (χ1) is 9.60. The molecule has 2 N–H and O–H groups in total. The highest BCUT2D eigenvalue weighted by atomic mass is 16.5. The van der Waals surface area contributed by atoms with Crippen molar-refractivity contribution >= 4 is 11.7 Å². The summed E-state index contributed by atoms with van der Waals surface area (Å²) in [5, 5.41) is 16.1. The van der Waals surface area contributed by atoms with Gasteiger partial charge in [0.1, 0.15) is 12.3 Å². The Bertz CT molecular complexity index is 607. The number of nitrogens with one attached hydrogen (secondary N) is 1. The van der Waals surface area contributed by atoms with Crippen molar-refractivity contribution in [3.8, 4) is 0 Å². The fourth-order valence-electron chi connectivity index (χ4n) is 1.80. The fraction of sp³-hybridized carbons (Fsp3) is 0.286. The third-order valence-electron chi connectivity index (χ3n) is 2.84. The van der Waals surface area contributed by atoms with Crippen molar-refractivity contribution in [1.29, 1.82) is 0 Å². The van der Waals surface area contributed by atoms with E-state index in [1.807, 2.05) is 6.07 Å². The second-order valence-electron chi connectivity index (χ2n) is 4.41. The quantitative estimate of drug-likeness (QED) is 0.843. The summed E-state index contributed by atoms with van der Waals surface area (Å²) >= 11 is 0. The largest absolute Gasteiger partial charge is 0.478 e. The molecule has 0 saturated heterocycles. The topological polar surface area (TPSA) is 84.6 Å². The number of carboxylic acids is 1. The minimum Gasteiger partial charge on any atom is -0.478 e. The number of anilines is 1. The Kier molecular flexibility index (Phi) is 4.37. The van der Waals surface area contributed by atoms with Gasteiger partial charge in [0.15, 0.2) is 5.76 Å². The smallest absolute Gasteiger partial charge is 0.336 e. The van der Waals surface area contributed by atoms with Crippen LogP contribution in [0.5, 0.6) is 0 Å². The molecule has 0 unspecified atom stereocenters. The van der Waals surface area contributed by atoms with Gasteiger partial charge in [-0.1, -0.05) is 11.2 Å². The summed E-state index contributed by atoms with van der Waals surface area (Å²) in [7, 11) is 1.58. The number of hydrogen-bond donors (Lipinski definition) is 2. The molecule has 0 fully saturated rings. The van der Waals surface area contributed by atoms with E-state index in [1.165, 1.54) is 0 Å². The standard InChI is InChI=1S/C14H16N2O4/c1-9-3-4-10(6-13(9)14(17)18)15-7-11-5-12(8-19-2)20-16-11/h3-6,15H,7-8H2,1-2H3,(H,17,18). The Hall–Kier alpha value is -2.34. The summed E-state index contributed by atoms with van der Waals surface area (Å²) in [6.07, 6.45) is 0. The van der Waals surface area contributed by atoms with Crippen molar-refractivity contribution in [1.82, 2.24) is 5.16 Å². The van der Waals surface area contributed by atoms with Crippen molar-refractivity contribution in [2.24, 2.45) is 0 Å². The van der Waals surface area contributed by atoms with Gasteiger partial charge in [-0.05, 0) is 24.6 Å². The minimum atomic E-state index is -0.935. The second kappa shape index (κ2) is 6.21. The highest BCUT2D eigenvalue weighted by Crippen LogP contribution is 2.16. The van der Waals surface area contributed by atoms with E-state index < -0.39 is 5.97 Å². The molecule has 6 heteroatoms. The number of rotatable bonds is 6. The Morgan fingerprint density at radius 2 is 2.25 bits per heavy atom. The summed E-state index contributed by atoms with van der Waals surface area (Å²) in [6, 6.07) is 7.00. The molecule has 2 aromatic rings. The first-order valence-corrected chi connectivity index (χ1v) is 6.11. The molecule has 0 saturated carbocycles. The molecule has 1 aromatic carbocycles. The van der Waals surface area contributed by atoms with Crippen LogP contribution in [0.15, 0.2) is 28.8 Å². The maximum absolute atomic E-state index is 11.1. The Morgan fingerprint density at radius 1 is 1.45 bits per heavy atom. The van der Waals surface area contributed by atoms with E-state index in [0.29, 0.717) is 18.9 Å². The van der Waals surface area contributed by atoms with E-state index in [4.69, 9.17) is 14.4 Å². The summed E-state index contributed by atoms with van der Waals surface area (Å²) < 4.78 is 10.0. The minimum absolute atomic E-state index is 0.287. The van der Waals surface area contributed by atoms with Gasteiger partial charge >= 0.3 is 5.97 Å². The van der Waals surface area contributed by atoms with Crippen molar-refractivity contribution < 1.29 is 19.2 Å². The number of aryl methyl sites for hydroxylation is 1.